The molecular weight excluding hydrogens is 174 g/mol. The summed E-state index contributed by atoms with van der Waals surface area (Å²) in [5.74, 6) is 0.489. The van der Waals surface area contributed by atoms with Gasteiger partial charge in [-0.1, -0.05) is 19.9 Å². The fourth-order valence-corrected chi connectivity index (χ4v) is 2.00. The van der Waals surface area contributed by atoms with Crippen molar-refractivity contribution in [2.75, 3.05) is 0 Å². The largest absolute Gasteiger partial charge is 0.298 e. The smallest absolute Gasteiger partial charge is 0.145 e. The first kappa shape index (κ1) is 9.38. The molecule has 74 valence electrons. The van der Waals surface area contributed by atoms with Gasteiger partial charge in [-0.15, -0.1) is 0 Å². The zero-order valence-corrected chi connectivity index (χ0v) is 8.66. The Balaban J connectivity index is 2.30. The Morgan fingerprint density at radius 1 is 1.50 bits per heavy atom. The summed E-state index contributed by atoms with van der Waals surface area (Å²) in [6.45, 7) is 3.94. The fourth-order valence-electron chi connectivity index (χ4n) is 2.00. The van der Waals surface area contributed by atoms with Crippen molar-refractivity contribution in [3.8, 4) is 0 Å². The maximum Gasteiger partial charge on any atom is 0.145 e. The molecule has 1 heterocycles. The predicted octanol–water partition coefficient (Wildman–Crippen LogP) is 2.34. The maximum atomic E-state index is 12.0. The molecule has 0 unspecified atom stereocenters. The molecular formula is C12H15NO. The first-order valence-electron chi connectivity index (χ1n) is 5.12. The van der Waals surface area contributed by atoms with E-state index in [0.29, 0.717) is 5.78 Å². The highest BCUT2D eigenvalue weighted by molar-refractivity contribution is 5.94. The van der Waals surface area contributed by atoms with Gasteiger partial charge in [0.1, 0.15) is 5.78 Å². The minimum atomic E-state index is -0.178. The molecule has 1 aromatic heterocycles. The van der Waals surface area contributed by atoms with Crippen molar-refractivity contribution < 1.29 is 4.79 Å². The second kappa shape index (κ2) is 3.19. The summed E-state index contributed by atoms with van der Waals surface area (Å²) in [6.07, 6.45) is 5.57. The lowest BCUT2D eigenvalue weighted by Gasteiger charge is -2.16. The van der Waals surface area contributed by atoms with E-state index in [-0.39, 0.29) is 11.3 Å². The van der Waals surface area contributed by atoms with Gasteiger partial charge in [0, 0.05) is 18.3 Å². The fraction of sp³-hybridized carbons (Fsp3) is 0.500. The van der Waals surface area contributed by atoms with E-state index in [0.717, 1.165) is 18.4 Å². The summed E-state index contributed by atoms with van der Waals surface area (Å²) >= 11 is 0. The molecule has 1 aromatic rings. The van der Waals surface area contributed by atoms with Gasteiger partial charge in [-0.25, -0.2) is 0 Å². The van der Waals surface area contributed by atoms with Crippen LogP contribution in [0, 0.1) is 5.92 Å². The predicted molar refractivity (Wildman–Crippen MR) is 55.0 cm³/mol. The van der Waals surface area contributed by atoms with E-state index in [9.17, 15) is 4.79 Å². The zero-order valence-electron chi connectivity index (χ0n) is 8.66. The van der Waals surface area contributed by atoms with Gasteiger partial charge in [0.15, 0.2) is 0 Å². The van der Waals surface area contributed by atoms with Crippen molar-refractivity contribution in [2.24, 2.45) is 5.92 Å². The highest BCUT2D eigenvalue weighted by atomic mass is 16.1. The number of nitrogens with zero attached hydrogens (tertiary/aromatic N) is 1. The number of carbonyl (C=O) groups is 1. The van der Waals surface area contributed by atoms with E-state index in [4.69, 9.17) is 0 Å². The lowest BCUT2D eigenvalue weighted by Crippen LogP contribution is -2.25. The molecule has 2 heteroatoms. The summed E-state index contributed by atoms with van der Waals surface area (Å²) < 4.78 is 0. The third-order valence-electron chi connectivity index (χ3n) is 2.96. The van der Waals surface area contributed by atoms with Crippen molar-refractivity contribution >= 4 is 5.78 Å². The molecule has 14 heavy (non-hydrogen) atoms. The molecule has 2 rings (SSSR count). The summed E-state index contributed by atoms with van der Waals surface area (Å²) in [5, 5.41) is 0. The molecule has 0 saturated heterocycles. The topological polar surface area (TPSA) is 30.0 Å². The quantitative estimate of drug-likeness (QED) is 0.730. The third-order valence-corrected chi connectivity index (χ3v) is 2.96. The first-order chi connectivity index (χ1) is 6.67. The number of hydrogen-bond acceptors (Lipinski definition) is 2. The Labute approximate surface area is 84.4 Å². The Morgan fingerprint density at radius 2 is 2.21 bits per heavy atom. The van der Waals surface area contributed by atoms with E-state index < -0.39 is 0 Å². The maximum absolute atomic E-state index is 12.0. The number of hydrogen-bond donors (Lipinski definition) is 0. The molecule has 0 atom stereocenters. The van der Waals surface area contributed by atoms with Gasteiger partial charge in [-0.05, 0) is 24.5 Å². The lowest BCUT2D eigenvalue weighted by atomic mass is 9.87. The molecule has 2 nitrogen and oxygen atoms in total. The summed E-state index contributed by atoms with van der Waals surface area (Å²) in [6, 6.07) is 3.92. The number of ketones is 1. The number of carbonyl (C=O) groups excluding carboxylic acids is 1. The number of aromatic nitrogens is 1. The van der Waals surface area contributed by atoms with Crippen LogP contribution in [0.25, 0.3) is 0 Å². The summed E-state index contributed by atoms with van der Waals surface area (Å²) in [5.41, 5.74) is 0.918. The van der Waals surface area contributed by atoms with Gasteiger partial charge in [0.2, 0.25) is 0 Å². The molecule has 0 N–H and O–H groups in total. The molecule has 0 radical (unpaired) electrons. The molecule has 0 spiro atoms. The van der Waals surface area contributed by atoms with Crippen molar-refractivity contribution in [1.29, 1.82) is 0 Å². The molecule has 1 saturated carbocycles. The molecule has 0 amide bonds. The van der Waals surface area contributed by atoms with Gasteiger partial charge < -0.3 is 0 Å². The highest BCUT2D eigenvalue weighted by Gasteiger charge is 2.51. The van der Waals surface area contributed by atoms with Crippen molar-refractivity contribution in [3.05, 3.63) is 30.1 Å². The van der Waals surface area contributed by atoms with E-state index in [1.54, 1.807) is 6.20 Å². The van der Waals surface area contributed by atoms with Crippen LogP contribution < -0.4 is 0 Å². The van der Waals surface area contributed by atoms with Crippen LogP contribution in [0.1, 0.15) is 32.3 Å². The van der Waals surface area contributed by atoms with Crippen molar-refractivity contribution in [3.63, 3.8) is 0 Å². The summed E-state index contributed by atoms with van der Waals surface area (Å²) in [4.78, 5) is 16.1. The lowest BCUT2D eigenvalue weighted by molar-refractivity contribution is -0.124. The van der Waals surface area contributed by atoms with E-state index >= 15 is 0 Å². The molecule has 0 aromatic carbocycles. The number of rotatable bonds is 3. The average molecular weight is 189 g/mol. The molecule has 1 aliphatic rings. The number of pyridine rings is 1. The van der Waals surface area contributed by atoms with Crippen LogP contribution in [0.3, 0.4) is 0 Å². The minimum Gasteiger partial charge on any atom is -0.298 e. The molecule has 0 aliphatic heterocycles. The van der Waals surface area contributed by atoms with Crippen LogP contribution in [0.15, 0.2) is 24.5 Å². The standard InChI is InChI=1S/C12H15NO/c1-9(2)11(14)12(5-6-12)10-4-3-7-13-8-10/h3-4,7-9H,5-6H2,1-2H3. The van der Waals surface area contributed by atoms with Gasteiger partial charge >= 0.3 is 0 Å². The normalized spacial score (nSPS) is 18.2. The molecule has 0 bridgehead atoms. The Hall–Kier alpha value is -1.18. The van der Waals surface area contributed by atoms with Gasteiger partial charge in [-0.3, -0.25) is 9.78 Å². The Kier molecular flexibility index (Phi) is 2.14. The molecule has 1 aliphatic carbocycles. The second-order valence-electron chi connectivity index (χ2n) is 4.34. The second-order valence-corrected chi connectivity index (χ2v) is 4.34. The first-order valence-corrected chi connectivity index (χ1v) is 5.12. The van der Waals surface area contributed by atoms with Gasteiger partial charge in [0.25, 0.3) is 0 Å². The van der Waals surface area contributed by atoms with Crippen LogP contribution in [0.4, 0.5) is 0 Å². The van der Waals surface area contributed by atoms with Crippen LogP contribution in [-0.4, -0.2) is 10.8 Å². The Morgan fingerprint density at radius 3 is 2.64 bits per heavy atom. The average Bonchev–Trinajstić information content (AvgIpc) is 2.99. The van der Waals surface area contributed by atoms with Crippen molar-refractivity contribution in [1.82, 2.24) is 4.98 Å². The van der Waals surface area contributed by atoms with E-state index in [1.165, 1.54) is 0 Å². The van der Waals surface area contributed by atoms with Crippen LogP contribution >= 0.6 is 0 Å². The molecule has 1 fully saturated rings. The minimum absolute atomic E-state index is 0.123. The number of Topliss-reactive ketones (excluding diaryl/α,β-unsaturated/α-hetero) is 1. The van der Waals surface area contributed by atoms with E-state index in [2.05, 4.69) is 4.98 Å². The third kappa shape index (κ3) is 1.35. The SMILES string of the molecule is CC(C)C(=O)C1(c2cccnc2)CC1. The van der Waals surface area contributed by atoms with Gasteiger partial charge in [-0.2, -0.15) is 0 Å². The van der Waals surface area contributed by atoms with Crippen LogP contribution in [0.5, 0.6) is 0 Å². The van der Waals surface area contributed by atoms with Crippen LogP contribution in [-0.2, 0) is 10.2 Å². The Bertz CT molecular complexity index is 339. The highest BCUT2D eigenvalue weighted by Crippen LogP contribution is 2.50. The summed E-state index contributed by atoms with van der Waals surface area (Å²) in [7, 11) is 0. The van der Waals surface area contributed by atoms with Crippen molar-refractivity contribution in [2.45, 2.75) is 32.1 Å². The van der Waals surface area contributed by atoms with Gasteiger partial charge in [0.05, 0.1) is 5.41 Å². The van der Waals surface area contributed by atoms with Crippen LogP contribution in [0.2, 0.25) is 0 Å². The monoisotopic (exact) mass is 189 g/mol. The zero-order chi connectivity index (χ0) is 10.2. The van der Waals surface area contributed by atoms with E-state index in [1.807, 2.05) is 32.2 Å².